The van der Waals surface area contributed by atoms with Crippen LogP contribution < -0.4 is 10.9 Å². The van der Waals surface area contributed by atoms with Crippen LogP contribution in [0.25, 0.3) is 10.9 Å². The molecule has 3 aromatic rings. The van der Waals surface area contributed by atoms with Crippen molar-refractivity contribution in [3.63, 3.8) is 0 Å². The lowest BCUT2D eigenvalue weighted by Crippen LogP contribution is -2.25. The molecule has 0 radical (unpaired) electrons. The van der Waals surface area contributed by atoms with Crippen molar-refractivity contribution in [2.24, 2.45) is 0 Å². The highest BCUT2D eigenvalue weighted by Gasteiger charge is 2.08. The maximum atomic E-state index is 12.2. The molecule has 0 saturated carbocycles. The van der Waals surface area contributed by atoms with Gasteiger partial charge >= 0.3 is 0 Å². The van der Waals surface area contributed by atoms with Crippen LogP contribution in [0, 0.1) is 4.77 Å². The second kappa shape index (κ2) is 6.77. The van der Waals surface area contributed by atoms with E-state index in [0.29, 0.717) is 23.0 Å². The largest absolute Gasteiger partial charge is 0.352 e. The highest BCUT2D eigenvalue weighted by atomic mass is 79.9. The molecule has 5 nitrogen and oxygen atoms in total. The predicted molar refractivity (Wildman–Crippen MR) is 97.8 cm³/mol. The van der Waals surface area contributed by atoms with E-state index in [0.717, 1.165) is 10.2 Å². The summed E-state index contributed by atoms with van der Waals surface area (Å²) in [6, 6.07) is 8.90. The zero-order valence-electron chi connectivity index (χ0n) is 11.8. The number of aromatic amines is 2. The maximum Gasteiger partial charge on any atom is 0.259 e. The molecular weight excluding hydrogens is 398 g/mol. The number of fused-ring (bicyclic) bond motifs is 1. The number of hydrogen-bond donors (Lipinski definition) is 3. The van der Waals surface area contributed by atoms with Crippen LogP contribution in [0.4, 0.5) is 0 Å². The molecule has 3 rings (SSSR count). The summed E-state index contributed by atoms with van der Waals surface area (Å²) in [5, 5.41) is 3.35. The van der Waals surface area contributed by atoms with Crippen molar-refractivity contribution in [2.45, 2.75) is 6.42 Å². The van der Waals surface area contributed by atoms with Gasteiger partial charge in [-0.3, -0.25) is 14.6 Å². The predicted octanol–water partition coefficient (Wildman–Crippen LogP) is 3.38. The number of carbonyl (C=O) groups is 1. The lowest BCUT2D eigenvalue weighted by molar-refractivity contribution is 0.0954. The fraction of sp³-hybridized carbons (Fsp3) is 0.133. The Hall–Kier alpha value is -1.77. The lowest BCUT2D eigenvalue weighted by atomic mass is 10.1. The van der Waals surface area contributed by atoms with Gasteiger partial charge in [0.2, 0.25) is 0 Å². The Balaban J connectivity index is 1.73. The van der Waals surface area contributed by atoms with E-state index in [1.807, 2.05) is 12.1 Å². The normalized spacial score (nSPS) is 10.8. The van der Waals surface area contributed by atoms with Crippen molar-refractivity contribution in [2.75, 3.05) is 6.54 Å². The third-order valence-corrected chi connectivity index (χ3v) is 5.18. The second-order valence-corrected chi connectivity index (χ2v) is 7.84. The minimum absolute atomic E-state index is 0.179. The zero-order valence-corrected chi connectivity index (χ0v) is 15.0. The molecule has 0 aliphatic carbocycles. The molecule has 0 aliphatic heterocycles. The average Bonchev–Trinajstić information content (AvgIpc) is 2.91. The fourth-order valence-corrected chi connectivity index (χ4v) is 3.88. The number of amides is 1. The Morgan fingerprint density at radius 1 is 1.26 bits per heavy atom. The maximum absolute atomic E-state index is 12.2. The molecule has 1 aromatic carbocycles. The Labute approximate surface area is 148 Å². The van der Waals surface area contributed by atoms with Crippen molar-refractivity contribution < 1.29 is 4.79 Å². The first-order valence-electron chi connectivity index (χ1n) is 6.82. The molecule has 0 unspecified atom stereocenters. The third kappa shape index (κ3) is 3.77. The third-order valence-electron chi connectivity index (χ3n) is 3.29. The molecule has 3 N–H and O–H groups in total. The smallest absolute Gasteiger partial charge is 0.259 e. The van der Waals surface area contributed by atoms with Crippen LogP contribution in [0.5, 0.6) is 0 Å². The summed E-state index contributed by atoms with van der Waals surface area (Å²) < 4.78 is 1.32. The molecule has 1 amide bonds. The van der Waals surface area contributed by atoms with E-state index in [4.69, 9.17) is 12.2 Å². The first kappa shape index (κ1) is 16.1. The van der Waals surface area contributed by atoms with Crippen LogP contribution >= 0.6 is 39.5 Å². The zero-order chi connectivity index (χ0) is 16.4. The fourth-order valence-electron chi connectivity index (χ4n) is 2.20. The molecule has 0 saturated heterocycles. The topological polar surface area (TPSA) is 77.8 Å². The summed E-state index contributed by atoms with van der Waals surface area (Å²) in [5.41, 5.74) is 0.772. The molecular formula is C15H12BrN3O2S2. The van der Waals surface area contributed by atoms with Crippen LogP contribution in [0.1, 0.15) is 15.2 Å². The van der Waals surface area contributed by atoms with Crippen LogP contribution in [0.2, 0.25) is 0 Å². The van der Waals surface area contributed by atoms with Crippen LogP contribution in [0.15, 0.2) is 38.9 Å². The monoisotopic (exact) mass is 409 g/mol. The minimum Gasteiger partial charge on any atom is -0.352 e. The number of thiophene rings is 1. The Morgan fingerprint density at radius 3 is 2.83 bits per heavy atom. The number of benzene rings is 1. The van der Waals surface area contributed by atoms with Crippen molar-refractivity contribution in [3.8, 4) is 0 Å². The summed E-state index contributed by atoms with van der Waals surface area (Å²) in [4.78, 5) is 30.6. The first-order chi connectivity index (χ1) is 11.0. The molecule has 0 atom stereocenters. The summed E-state index contributed by atoms with van der Waals surface area (Å²) in [7, 11) is 0. The summed E-state index contributed by atoms with van der Waals surface area (Å²) in [6.45, 7) is 0.551. The highest BCUT2D eigenvalue weighted by molar-refractivity contribution is 9.11. The van der Waals surface area contributed by atoms with Gasteiger partial charge in [0, 0.05) is 17.0 Å². The number of aromatic nitrogens is 2. The van der Waals surface area contributed by atoms with Crippen molar-refractivity contribution in [1.29, 1.82) is 0 Å². The molecule has 118 valence electrons. The van der Waals surface area contributed by atoms with Gasteiger partial charge < -0.3 is 10.3 Å². The highest BCUT2D eigenvalue weighted by Crippen LogP contribution is 2.22. The van der Waals surface area contributed by atoms with Gasteiger partial charge in [-0.05, 0) is 64.9 Å². The van der Waals surface area contributed by atoms with E-state index < -0.39 is 0 Å². The summed E-state index contributed by atoms with van der Waals surface area (Å²) in [6.07, 6.45) is 0.775. The molecule has 0 aliphatic rings. The Bertz CT molecular complexity index is 990. The van der Waals surface area contributed by atoms with Gasteiger partial charge in [0.25, 0.3) is 11.5 Å². The van der Waals surface area contributed by atoms with E-state index in [-0.39, 0.29) is 16.2 Å². The molecule has 0 fully saturated rings. The Kier molecular flexibility index (Phi) is 4.74. The van der Waals surface area contributed by atoms with Crippen molar-refractivity contribution in [1.82, 2.24) is 15.3 Å². The number of rotatable bonds is 4. The van der Waals surface area contributed by atoms with Gasteiger partial charge in [-0.2, -0.15) is 0 Å². The van der Waals surface area contributed by atoms with Gasteiger partial charge in [0.15, 0.2) is 4.77 Å². The quantitative estimate of drug-likeness (QED) is 0.577. The lowest BCUT2D eigenvalue weighted by Gasteiger charge is -2.05. The SMILES string of the molecule is O=C(NCCc1ccc(Br)s1)c1ccc2c(=O)[nH]c(=S)[nH]c2c1. The summed E-state index contributed by atoms with van der Waals surface area (Å²) >= 11 is 10.0. The number of carbonyl (C=O) groups excluding carboxylic acids is 1. The number of H-pyrrole nitrogens is 2. The molecule has 0 bridgehead atoms. The van der Waals surface area contributed by atoms with E-state index in [1.165, 1.54) is 4.88 Å². The molecule has 23 heavy (non-hydrogen) atoms. The van der Waals surface area contributed by atoms with Gasteiger partial charge in [-0.1, -0.05) is 0 Å². The van der Waals surface area contributed by atoms with Gasteiger partial charge in [-0.15, -0.1) is 11.3 Å². The molecule has 0 spiro atoms. The second-order valence-electron chi connectivity index (χ2n) is 4.88. The van der Waals surface area contributed by atoms with Crippen molar-refractivity contribution in [3.05, 3.63) is 59.7 Å². The van der Waals surface area contributed by atoms with Gasteiger partial charge in [0.1, 0.15) is 0 Å². The molecule has 8 heteroatoms. The van der Waals surface area contributed by atoms with Gasteiger partial charge in [0.05, 0.1) is 14.7 Å². The molecule has 2 aromatic heterocycles. The van der Waals surface area contributed by atoms with E-state index in [9.17, 15) is 9.59 Å². The van der Waals surface area contributed by atoms with Crippen LogP contribution in [-0.2, 0) is 6.42 Å². The number of hydrogen-bond acceptors (Lipinski definition) is 4. The van der Waals surface area contributed by atoms with Crippen molar-refractivity contribution >= 4 is 56.3 Å². The average molecular weight is 410 g/mol. The van der Waals surface area contributed by atoms with Crippen LogP contribution in [0.3, 0.4) is 0 Å². The Morgan fingerprint density at radius 2 is 2.09 bits per heavy atom. The van der Waals surface area contributed by atoms with E-state index >= 15 is 0 Å². The molecule has 2 heterocycles. The van der Waals surface area contributed by atoms with E-state index in [1.54, 1.807) is 29.5 Å². The number of halogens is 1. The standard InChI is InChI=1S/C15H12BrN3O2S2/c16-12-4-2-9(23-12)5-6-17-13(20)8-1-3-10-11(7-8)18-15(22)19-14(10)21/h1-4,7H,5-6H2,(H,17,20)(H2,18,19,21,22). The first-order valence-corrected chi connectivity index (χ1v) is 8.83. The van der Waals surface area contributed by atoms with E-state index in [2.05, 4.69) is 31.2 Å². The number of nitrogens with one attached hydrogen (secondary N) is 3. The minimum atomic E-state index is -0.265. The van der Waals surface area contributed by atoms with Gasteiger partial charge in [-0.25, -0.2) is 0 Å². The summed E-state index contributed by atoms with van der Waals surface area (Å²) in [5.74, 6) is -0.179. The van der Waals surface area contributed by atoms with Crippen LogP contribution in [-0.4, -0.2) is 22.4 Å².